The van der Waals surface area contributed by atoms with Crippen LogP contribution in [0.3, 0.4) is 0 Å². The molecule has 0 spiro atoms. The van der Waals surface area contributed by atoms with Crippen molar-refractivity contribution in [3.05, 3.63) is 71.4 Å². The summed E-state index contributed by atoms with van der Waals surface area (Å²) in [5.74, 6) is -0.663. The van der Waals surface area contributed by atoms with Crippen LogP contribution in [0.25, 0.3) is 0 Å². The summed E-state index contributed by atoms with van der Waals surface area (Å²) >= 11 is 1.14. The third kappa shape index (κ3) is 5.46. The zero-order valence-corrected chi connectivity index (χ0v) is 19.0. The number of nitrogens with one attached hydrogen (secondary N) is 2. The maximum Gasteiger partial charge on any atom is 0.271 e. The van der Waals surface area contributed by atoms with Crippen molar-refractivity contribution in [3.8, 4) is 0 Å². The van der Waals surface area contributed by atoms with E-state index >= 15 is 0 Å². The highest BCUT2D eigenvalue weighted by Gasteiger charge is 2.18. The van der Waals surface area contributed by atoms with E-state index in [4.69, 9.17) is 0 Å². The molecule has 0 radical (unpaired) electrons. The summed E-state index contributed by atoms with van der Waals surface area (Å²) in [7, 11) is -3.62. The van der Waals surface area contributed by atoms with E-state index < -0.39 is 15.8 Å². The van der Waals surface area contributed by atoms with Gasteiger partial charge >= 0.3 is 0 Å². The van der Waals surface area contributed by atoms with Crippen LogP contribution in [0.2, 0.25) is 0 Å². The fourth-order valence-electron chi connectivity index (χ4n) is 3.71. The van der Waals surface area contributed by atoms with Gasteiger partial charge in [0.15, 0.2) is 0 Å². The van der Waals surface area contributed by atoms with Crippen molar-refractivity contribution >= 4 is 44.3 Å². The number of sulfonamides is 1. The van der Waals surface area contributed by atoms with E-state index in [1.807, 2.05) is 0 Å². The Hall–Kier alpha value is -2.91. The normalized spacial score (nSPS) is 14.2. The first-order valence-corrected chi connectivity index (χ1v) is 12.8. The number of anilines is 3. The number of thiophene rings is 1. The molecular weight excluding hydrogens is 449 g/mol. The molecule has 1 aliphatic heterocycles. The first-order chi connectivity index (χ1) is 15.4. The maximum absolute atomic E-state index is 13.8. The number of rotatable bonds is 7. The fourth-order valence-corrected chi connectivity index (χ4v) is 5.76. The largest absolute Gasteiger partial charge is 0.370 e. The Balaban J connectivity index is 1.41. The van der Waals surface area contributed by atoms with Crippen molar-refractivity contribution < 1.29 is 17.6 Å². The molecule has 4 rings (SSSR count). The van der Waals surface area contributed by atoms with Gasteiger partial charge in [0.05, 0.1) is 17.8 Å². The molecule has 6 nitrogen and oxygen atoms in total. The number of carbonyl (C=O) groups is 1. The maximum atomic E-state index is 13.8. The quantitative estimate of drug-likeness (QED) is 0.514. The molecule has 1 aromatic heterocycles. The Bertz CT molecular complexity index is 1170. The molecule has 0 unspecified atom stereocenters. The Morgan fingerprint density at radius 2 is 1.78 bits per heavy atom. The molecule has 3 aromatic rings. The summed E-state index contributed by atoms with van der Waals surface area (Å²) in [5.41, 5.74) is 2.44. The van der Waals surface area contributed by atoms with Crippen LogP contribution in [0.5, 0.6) is 0 Å². The van der Waals surface area contributed by atoms with Crippen LogP contribution in [0.15, 0.2) is 64.2 Å². The molecule has 0 saturated carbocycles. The number of piperidine rings is 1. The minimum absolute atomic E-state index is 0.0912. The second-order valence-corrected chi connectivity index (χ2v) is 10.5. The number of amides is 1. The molecule has 9 heteroatoms. The van der Waals surface area contributed by atoms with Gasteiger partial charge in [-0.05, 0) is 66.6 Å². The number of carbonyl (C=O) groups excluding carboxylic acids is 1. The average Bonchev–Trinajstić information content (AvgIpc) is 3.32. The third-order valence-corrected chi connectivity index (χ3v) is 8.04. The topological polar surface area (TPSA) is 78.5 Å². The second kappa shape index (κ2) is 9.70. The number of hydrogen-bond acceptors (Lipinski definition) is 5. The van der Waals surface area contributed by atoms with E-state index in [1.54, 1.807) is 41.8 Å². The Morgan fingerprint density at radius 1 is 1.03 bits per heavy atom. The molecule has 168 valence electrons. The summed E-state index contributed by atoms with van der Waals surface area (Å²) < 4.78 is 41.2. The van der Waals surface area contributed by atoms with Crippen LogP contribution >= 0.6 is 11.3 Å². The molecule has 2 aromatic carbocycles. The second-order valence-electron chi connectivity index (χ2n) is 7.67. The number of hydrogen-bond donors (Lipinski definition) is 2. The van der Waals surface area contributed by atoms with E-state index in [1.165, 1.54) is 24.6 Å². The van der Waals surface area contributed by atoms with Crippen molar-refractivity contribution in [2.45, 2.75) is 29.9 Å². The van der Waals surface area contributed by atoms with E-state index in [2.05, 4.69) is 14.9 Å². The lowest BCUT2D eigenvalue weighted by molar-refractivity contribution is -0.115. The Kier molecular flexibility index (Phi) is 6.76. The molecule has 1 saturated heterocycles. The zero-order chi connectivity index (χ0) is 22.6. The van der Waals surface area contributed by atoms with Crippen molar-refractivity contribution in [3.63, 3.8) is 0 Å². The summed E-state index contributed by atoms with van der Waals surface area (Å²) in [6.45, 7) is 1.77. The van der Waals surface area contributed by atoms with Crippen molar-refractivity contribution in [2.75, 3.05) is 28.0 Å². The van der Waals surface area contributed by atoms with Crippen LogP contribution in [0.4, 0.5) is 21.5 Å². The number of halogens is 1. The van der Waals surface area contributed by atoms with Crippen LogP contribution in [-0.4, -0.2) is 27.4 Å². The lowest BCUT2D eigenvalue weighted by Gasteiger charge is -2.30. The predicted molar refractivity (Wildman–Crippen MR) is 126 cm³/mol. The Labute approximate surface area is 191 Å². The van der Waals surface area contributed by atoms with Gasteiger partial charge in [0.2, 0.25) is 5.91 Å². The van der Waals surface area contributed by atoms with Crippen LogP contribution < -0.4 is 14.9 Å². The van der Waals surface area contributed by atoms with Crippen molar-refractivity contribution in [1.82, 2.24) is 0 Å². The van der Waals surface area contributed by atoms with Gasteiger partial charge in [0, 0.05) is 18.8 Å². The minimum atomic E-state index is -3.62. The highest BCUT2D eigenvalue weighted by molar-refractivity contribution is 7.94. The standard InChI is InChI=1S/C23H24FN3O3S2/c24-18-8-11-21(27-12-2-1-3-13-27)20(16-18)25-22(28)15-17-6-9-19(10-7-17)26-32(29,30)23-5-4-14-31-23/h4-11,14,16,26H,1-3,12-13,15H2,(H,25,28). The van der Waals surface area contributed by atoms with E-state index in [0.717, 1.165) is 48.5 Å². The zero-order valence-electron chi connectivity index (χ0n) is 17.4. The van der Waals surface area contributed by atoms with Gasteiger partial charge in [0.1, 0.15) is 10.0 Å². The summed E-state index contributed by atoms with van der Waals surface area (Å²) in [4.78, 5) is 14.8. The molecule has 2 N–H and O–H groups in total. The molecular formula is C23H24FN3O3S2. The Morgan fingerprint density at radius 3 is 2.47 bits per heavy atom. The first-order valence-electron chi connectivity index (χ1n) is 10.4. The van der Waals surface area contributed by atoms with Gasteiger partial charge in [-0.2, -0.15) is 0 Å². The molecule has 2 heterocycles. The fraction of sp³-hybridized carbons (Fsp3) is 0.261. The number of nitrogens with zero attached hydrogens (tertiary/aromatic N) is 1. The monoisotopic (exact) mass is 473 g/mol. The molecule has 0 bridgehead atoms. The smallest absolute Gasteiger partial charge is 0.271 e. The highest BCUT2D eigenvalue weighted by Crippen LogP contribution is 2.29. The number of benzene rings is 2. The van der Waals surface area contributed by atoms with Gasteiger partial charge in [-0.25, -0.2) is 12.8 Å². The SMILES string of the molecule is O=C(Cc1ccc(NS(=O)(=O)c2cccs2)cc1)Nc1cc(F)ccc1N1CCCCC1. The van der Waals surface area contributed by atoms with Gasteiger partial charge in [-0.1, -0.05) is 18.2 Å². The van der Waals surface area contributed by atoms with Crippen LogP contribution in [0.1, 0.15) is 24.8 Å². The lowest BCUT2D eigenvalue weighted by Crippen LogP contribution is -2.30. The van der Waals surface area contributed by atoms with Gasteiger partial charge in [0.25, 0.3) is 10.0 Å². The minimum Gasteiger partial charge on any atom is -0.370 e. The summed E-state index contributed by atoms with van der Waals surface area (Å²) in [5, 5.41) is 4.54. The first kappa shape index (κ1) is 22.3. The van der Waals surface area contributed by atoms with Gasteiger partial charge < -0.3 is 10.2 Å². The molecule has 0 aliphatic carbocycles. The molecule has 1 fully saturated rings. The summed E-state index contributed by atoms with van der Waals surface area (Å²) in [6, 6.07) is 14.3. The molecule has 1 aliphatic rings. The van der Waals surface area contributed by atoms with E-state index in [9.17, 15) is 17.6 Å². The molecule has 1 amide bonds. The van der Waals surface area contributed by atoms with Crippen LogP contribution in [0, 0.1) is 5.82 Å². The lowest BCUT2D eigenvalue weighted by atomic mass is 10.1. The van der Waals surface area contributed by atoms with Crippen molar-refractivity contribution in [2.24, 2.45) is 0 Å². The third-order valence-electron chi connectivity index (χ3n) is 5.26. The van der Waals surface area contributed by atoms with E-state index in [0.29, 0.717) is 11.4 Å². The average molecular weight is 474 g/mol. The van der Waals surface area contributed by atoms with Crippen LogP contribution in [-0.2, 0) is 21.2 Å². The van der Waals surface area contributed by atoms with Gasteiger partial charge in [-0.3, -0.25) is 9.52 Å². The molecule has 32 heavy (non-hydrogen) atoms. The predicted octanol–water partition coefficient (Wildman–Crippen LogP) is 4.86. The summed E-state index contributed by atoms with van der Waals surface area (Å²) in [6.07, 6.45) is 3.42. The molecule has 0 atom stereocenters. The van der Waals surface area contributed by atoms with Crippen molar-refractivity contribution in [1.29, 1.82) is 0 Å². The van der Waals surface area contributed by atoms with Gasteiger partial charge in [-0.15, -0.1) is 11.3 Å². The highest BCUT2D eigenvalue weighted by atomic mass is 32.2. The van der Waals surface area contributed by atoms with E-state index in [-0.39, 0.29) is 16.5 Å².